The van der Waals surface area contributed by atoms with Gasteiger partial charge in [0.05, 0.1) is 11.0 Å². The highest BCUT2D eigenvalue weighted by molar-refractivity contribution is 5.74. The molecule has 2 N–H and O–H groups in total. The van der Waals surface area contributed by atoms with Gasteiger partial charge in [-0.1, -0.05) is 6.92 Å². The topological polar surface area (TPSA) is 57.5 Å². The summed E-state index contributed by atoms with van der Waals surface area (Å²) in [6, 6.07) is 0. The van der Waals surface area contributed by atoms with Crippen molar-refractivity contribution in [3.05, 3.63) is 0 Å². The number of carboxylic acids is 1. The number of carbonyl (C=O) groups is 1. The largest absolute Gasteiger partial charge is 0.481 e. The van der Waals surface area contributed by atoms with Crippen LogP contribution in [0.5, 0.6) is 0 Å². The number of hydrogen-bond donors (Lipinski definition) is 2. The van der Waals surface area contributed by atoms with E-state index in [1.807, 2.05) is 0 Å². The van der Waals surface area contributed by atoms with Crippen LogP contribution < -0.4 is 0 Å². The minimum atomic E-state index is -0.750. The van der Waals surface area contributed by atoms with Gasteiger partial charge in [0.1, 0.15) is 0 Å². The van der Waals surface area contributed by atoms with E-state index in [4.69, 9.17) is 0 Å². The van der Waals surface area contributed by atoms with Crippen molar-refractivity contribution in [2.75, 3.05) is 0 Å². The molecule has 3 heteroatoms. The molecule has 2 bridgehead atoms. The van der Waals surface area contributed by atoms with Crippen molar-refractivity contribution >= 4 is 5.97 Å². The van der Waals surface area contributed by atoms with Crippen molar-refractivity contribution in [3.63, 3.8) is 0 Å². The molecule has 0 saturated heterocycles. The number of carboxylic acid groups (broad SMARTS) is 1. The van der Waals surface area contributed by atoms with E-state index in [0.29, 0.717) is 18.3 Å². The minimum Gasteiger partial charge on any atom is -0.481 e. The van der Waals surface area contributed by atoms with Crippen molar-refractivity contribution in [1.29, 1.82) is 0 Å². The maximum Gasteiger partial charge on any atom is 0.309 e. The van der Waals surface area contributed by atoms with E-state index in [9.17, 15) is 15.0 Å². The standard InChI is InChI=1S/C12H20O3/c1-8-3-9-5-11(2,10(13)14)7-12(15,4-8)6-9/h8-9,15H,3-7H2,1-2H3,(H,13,14). The molecule has 0 aromatic carbocycles. The maximum atomic E-state index is 11.2. The maximum absolute atomic E-state index is 11.2. The first-order chi connectivity index (χ1) is 6.83. The van der Waals surface area contributed by atoms with Gasteiger partial charge < -0.3 is 10.2 Å². The van der Waals surface area contributed by atoms with Crippen LogP contribution in [0.3, 0.4) is 0 Å². The highest BCUT2D eigenvalue weighted by Crippen LogP contribution is 2.52. The van der Waals surface area contributed by atoms with Gasteiger partial charge in [0, 0.05) is 0 Å². The third kappa shape index (κ3) is 1.89. The Morgan fingerprint density at radius 2 is 2.00 bits per heavy atom. The van der Waals surface area contributed by atoms with Crippen LogP contribution in [0.4, 0.5) is 0 Å². The number of hydrogen-bond acceptors (Lipinski definition) is 2. The highest BCUT2D eigenvalue weighted by Gasteiger charge is 2.51. The second kappa shape index (κ2) is 3.21. The van der Waals surface area contributed by atoms with Gasteiger partial charge in [0.25, 0.3) is 0 Å². The first-order valence-electron chi connectivity index (χ1n) is 5.79. The monoisotopic (exact) mass is 212 g/mol. The molecule has 0 spiro atoms. The van der Waals surface area contributed by atoms with Crippen LogP contribution in [-0.4, -0.2) is 21.8 Å². The van der Waals surface area contributed by atoms with Gasteiger partial charge in [-0.25, -0.2) is 0 Å². The zero-order valence-corrected chi connectivity index (χ0v) is 9.49. The second-order valence-corrected chi connectivity index (χ2v) is 6.09. The molecule has 0 aliphatic heterocycles. The van der Waals surface area contributed by atoms with Gasteiger partial charge in [0.15, 0.2) is 0 Å². The summed E-state index contributed by atoms with van der Waals surface area (Å²) in [4.78, 5) is 11.2. The molecule has 4 unspecified atom stereocenters. The lowest BCUT2D eigenvalue weighted by atomic mass is 9.57. The number of aliphatic hydroxyl groups is 1. The van der Waals surface area contributed by atoms with Crippen LogP contribution in [-0.2, 0) is 4.79 Å². The first kappa shape index (κ1) is 10.9. The molecule has 0 aromatic heterocycles. The van der Waals surface area contributed by atoms with E-state index in [-0.39, 0.29) is 0 Å². The second-order valence-electron chi connectivity index (χ2n) is 6.09. The SMILES string of the molecule is CC1CC2CC(O)(C1)CC(C)(C(=O)O)C2. The molecular weight excluding hydrogens is 192 g/mol. The lowest BCUT2D eigenvalue weighted by molar-refractivity contribution is -0.165. The minimum absolute atomic E-state index is 0.397. The van der Waals surface area contributed by atoms with Gasteiger partial charge in [-0.05, 0) is 50.9 Å². The molecule has 3 nitrogen and oxygen atoms in total. The number of aliphatic carboxylic acids is 1. The fourth-order valence-corrected chi connectivity index (χ4v) is 3.90. The molecule has 2 aliphatic carbocycles. The Bertz CT molecular complexity index is 285. The van der Waals surface area contributed by atoms with E-state index in [1.54, 1.807) is 6.92 Å². The molecule has 86 valence electrons. The summed E-state index contributed by atoms with van der Waals surface area (Å²) < 4.78 is 0. The normalized spacial score (nSPS) is 50.1. The molecule has 15 heavy (non-hydrogen) atoms. The van der Waals surface area contributed by atoms with Crippen LogP contribution in [0.15, 0.2) is 0 Å². The Kier molecular flexibility index (Phi) is 2.34. The Morgan fingerprint density at radius 1 is 1.33 bits per heavy atom. The molecule has 2 aliphatic rings. The number of rotatable bonds is 1. The summed E-state index contributed by atoms with van der Waals surface area (Å²) in [5, 5.41) is 19.6. The summed E-state index contributed by atoms with van der Waals surface area (Å²) in [5.74, 6) is 0.181. The fourth-order valence-electron chi connectivity index (χ4n) is 3.90. The van der Waals surface area contributed by atoms with E-state index in [2.05, 4.69) is 6.92 Å². The molecule has 0 heterocycles. The predicted octanol–water partition coefficient (Wildman–Crippen LogP) is 2.04. The lowest BCUT2D eigenvalue weighted by Crippen LogP contribution is -2.50. The average molecular weight is 212 g/mol. The lowest BCUT2D eigenvalue weighted by Gasteiger charge is -2.50. The van der Waals surface area contributed by atoms with Crippen LogP contribution in [0, 0.1) is 17.3 Å². The average Bonchev–Trinajstić information content (AvgIpc) is 1.97. The zero-order chi connectivity index (χ0) is 11.3. The third-order valence-corrected chi connectivity index (χ3v) is 4.11. The van der Waals surface area contributed by atoms with E-state index in [1.165, 1.54) is 0 Å². The molecule has 2 saturated carbocycles. The van der Waals surface area contributed by atoms with Crippen molar-refractivity contribution in [2.24, 2.45) is 17.3 Å². The van der Waals surface area contributed by atoms with Crippen molar-refractivity contribution < 1.29 is 15.0 Å². The summed E-state index contributed by atoms with van der Waals surface area (Å²) in [6.07, 6.45) is 3.81. The molecule has 0 aromatic rings. The molecule has 0 radical (unpaired) electrons. The van der Waals surface area contributed by atoms with Gasteiger partial charge in [-0.15, -0.1) is 0 Å². The van der Waals surface area contributed by atoms with Crippen LogP contribution in [0.2, 0.25) is 0 Å². The van der Waals surface area contributed by atoms with Gasteiger partial charge >= 0.3 is 5.97 Å². The van der Waals surface area contributed by atoms with Crippen LogP contribution in [0.1, 0.15) is 46.0 Å². The van der Waals surface area contributed by atoms with Crippen LogP contribution >= 0.6 is 0 Å². The van der Waals surface area contributed by atoms with Gasteiger partial charge in [-0.2, -0.15) is 0 Å². The van der Waals surface area contributed by atoms with E-state index >= 15 is 0 Å². The van der Waals surface area contributed by atoms with Gasteiger partial charge in [-0.3, -0.25) is 4.79 Å². The van der Waals surface area contributed by atoms with Crippen molar-refractivity contribution in [1.82, 2.24) is 0 Å². The zero-order valence-electron chi connectivity index (χ0n) is 9.49. The summed E-state index contributed by atoms with van der Waals surface area (Å²) >= 11 is 0. The third-order valence-electron chi connectivity index (χ3n) is 4.11. The molecule has 2 rings (SSSR count). The van der Waals surface area contributed by atoms with Crippen LogP contribution in [0.25, 0.3) is 0 Å². The highest BCUT2D eigenvalue weighted by atomic mass is 16.4. The summed E-state index contributed by atoms with van der Waals surface area (Å²) in [7, 11) is 0. The molecule has 4 atom stereocenters. The Balaban J connectivity index is 2.23. The number of fused-ring (bicyclic) bond motifs is 2. The smallest absolute Gasteiger partial charge is 0.309 e. The molecule has 0 amide bonds. The summed E-state index contributed by atoms with van der Waals surface area (Å²) in [6.45, 7) is 3.93. The fraction of sp³-hybridized carbons (Fsp3) is 0.917. The summed E-state index contributed by atoms with van der Waals surface area (Å²) in [5.41, 5.74) is -1.43. The van der Waals surface area contributed by atoms with Crippen molar-refractivity contribution in [2.45, 2.75) is 51.6 Å². The molecule has 2 fully saturated rings. The van der Waals surface area contributed by atoms with Gasteiger partial charge in [0.2, 0.25) is 0 Å². The Morgan fingerprint density at radius 3 is 2.53 bits per heavy atom. The Hall–Kier alpha value is -0.570. The Labute approximate surface area is 90.5 Å². The quantitative estimate of drug-likeness (QED) is 0.699. The predicted molar refractivity (Wildman–Crippen MR) is 56.4 cm³/mol. The molecular formula is C12H20O3. The van der Waals surface area contributed by atoms with Crippen molar-refractivity contribution in [3.8, 4) is 0 Å². The first-order valence-corrected chi connectivity index (χ1v) is 5.79. The van der Waals surface area contributed by atoms with E-state index < -0.39 is 17.0 Å². The van der Waals surface area contributed by atoms with E-state index in [0.717, 1.165) is 25.7 Å².